The molecular formula is C24H26N2O7. The Morgan fingerprint density at radius 2 is 1.70 bits per heavy atom. The third kappa shape index (κ3) is 4.06. The highest BCUT2D eigenvalue weighted by molar-refractivity contribution is 6.11. The van der Waals surface area contributed by atoms with E-state index in [1.807, 2.05) is 0 Å². The number of amides is 2. The first-order chi connectivity index (χ1) is 15.9. The standard InChI is InChI=1S/C24H26N2O7/c1-14(27)33-16-11-19-24(29)25(18-8-6-5-7-17(18)23(28)26(19)13-16)12-15-9-20(30-2)22(32-4)21(10-15)31-3/h5-10,16,19H,11-13H2,1-4H3/t16-,19+/m1/s1. The van der Waals surface area contributed by atoms with Crippen molar-refractivity contribution in [2.24, 2.45) is 0 Å². The first-order valence-electron chi connectivity index (χ1n) is 10.5. The number of fused-ring (bicyclic) bond motifs is 2. The molecular weight excluding hydrogens is 428 g/mol. The second-order valence-corrected chi connectivity index (χ2v) is 7.92. The molecule has 0 aliphatic carbocycles. The molecule has 0 saturated carbocycles. The van der Waals surface area contributed by atoms with Crippen molar-refractivity contribution in [2.75, 3.05) is 32.8 Å². The van der Waals surface area contributed by atoms with E-state index in [1.165, 1.54) is 33.2 Å². The van der Waals surface area contributed by atoms with Gasteiger partial charge in [0.15, 0.2) is 11.5 Å². The predicted octanol–water partition coefficient (Wildman–Crippen LogP) is 2.41. The summed E-state index contributed by atoms with van der Waals surface area (Å²) >= 11 is 0. The lowest BCUT2D eigenvalue weighted by atomic mass is 10.1. The van der Waals surface area contributed by atoms with Gasteiger partial charge in [0.1, 0.15) is 12.1 Å². The number of carbonyl (C=O) groups is 3. The van der Waals surface area contributed by atoms with Crippen molar-refractivity contribution >= 4 is 23.5 Å². The quantitative estimate of drug-likeness (QED) is 0.619. The number of benzene rings is 2. The Labute approximate surface area is 191 Å². The minimum Gasteiger partial charge on any atom is -0.493 e. The summed E-state index contributed by atoms with van der Waals surface area (Å²) in [5, 5.41) is 0. The van der Waals surface area contributed by atoms with Crippen LogP contribution in [0.1, 0.15) is 29.3 Å². The molecule has 33 heavy (non-hydrogen) atoms. The van der Waals surface area contributed by atoms with Crippen LogP contribution in [0.2, 0.25) is 0 Å². The smallest absolute Gasteiger partial charge is 0.302 e. The molecule has 2 aliphatic rings. The summed E-state index contributed by atoms with van der Waals surface area (Å²) in [6.07, 6.45) is -0.266. The van der Waals surface area contributed by atoms with Crippen molar-refractivity contribution in [3.8, 4) is 17.2 Å². The van der Waals surface area contributed by atoms with E-state index >= 15 is 0 Å². The van der Waals surface area contributed by atoms with Gasteiger partial charge in [0, 0.05) is 13.3 Å². The molecule has 2 amide bonds. The normalized spacial score (nSPS) is 19.5. The Morgan fingerprint density at radius 1 is 1.03 bits per heavy atom. The molecule has 0 aromatic heterocycles. The fraction of sp³-hybridized carbons (Fsp3) is 0.375. The van der Waals surface area contributed by atoms with Gasteiger partial charge in [-0.15, -0.1) is 0 Å². The van der Waals surface area contributed by atoms with Crippen LogP contribution in [0.15, 0.2) is 36.4 Å². The maximum absolute atomic E-state index is 13.7. The molecule has 0 bridgehead atoms. The highest BCUT2D eigenvalue weighted by atomic mass is 16.5. The zero-order valence-electron chi connectivity index (χ0n) is 19.0. The molecule has 2 aromatic carbocycles. The Morgan fingerprint density at radius 3 is 2.30 bits per heavy atom. The summed E-state index contributed by atoms with van der Waals surface area (Å²) in [7, 11) is 4.57. The number of ether oxygens (including phenoxy) is 4. The largest absolute Gasteiger partial charge is 0.493 e. The molecule has 2 aromatic rings. The monoisotopic (exact) mass is 454 g/mol. The van der Waals surface area contributed by atoms with Gasteiger partial charge < -0.3 is 28.7 Å². The first-order valence-corrected chi connectivity index (χ1v) is 10.5. The van der Waals surface area contributed by atoms with E-state index in [9.17, 15) is 14.4 Å². The van der Waals surface area contributed by atoms with E-state index in [4.69, 9.17) is 18.9 Å². The number of para-hydroxylation sites is 1. The number of hydrogen-bond acceptors (Lipinski definition) is 7. The lowest BCUT2D eigenvalue weighted by Gasteiger charge is -2.26. The Hall–Kier alpha value is -3.75. The maximum Gasteiger partial charge on any atom is 0.302 e. The van der Waals surface area contributed by atoms with Crippen molar-refractivity contribution < 1.29 is 33.3 Å². The third-order valence-electron chi connectivity index (χ3n) is 5.90. The molecule has 0 N–H and O–H groups in total. The number of nitrogens with zero attached hydrogens (tertiary/aromatic N) is 2. The molecule has 9 heteroatoms. The van der Waals surface area contributed by atoms with Gasteiger partial charge in [-0.1, -0.05) is 12.1 Å². The number of anilines is 1. The van der Waals surface area contributed by atoms with Gasteiger partial charge in [0.05, 0.1) is 45.7 Å². The fourth-order valence-electron chi connectivity index (χ4n) is 4.49. The van der Waals surface area contributed by atoms with Crippen LogP contribution in [-0.4, -0.2) is 62.7 Å². The van der Waals surface area contributed by atoms with Crippen LogP contribution in [0, 0.1) is 0 Å². The van der Waals surface area contributed by atoms with E-state index in [0.717, 1.165) is 5.56 Å². The van der Waals surface area contributed by atoms with E-state index in [-0.39, 0.29) is 31.3 Å². The van der Waals surface area contributed by atoms with E-state index in [1.54, 1.807) is 41.3 Å². The minimum absolute atomic E-state index is 0.182. The zero-order chi connectivity index (χ0) is 23.7. The molecule has 4 rings (SSSR count). The maximum atomic E-state index is 13.7. The van der Waals surface area contributed by atoms with Crippen LogP contribution in [0.3, 0.4) is 0 Å². The molecule has 1 fully saturated rings. The van der Waals surface area contributed by atoms with Crippen LogP contribution < -0.4 is 19.1 Å². The molecule has 0 spiro atoms. The Balaban J connectivity index is 1.75. The molecule has 0 unspecified atom stereocenters. The minimum atomic E-state index is -0.726. The van der Waals surface area contributed by atoms with Gasteiger partial charge in [0.2, 0.25) is 11.7 Å². The van der Waals surface area contributed by atoms with E-state index in [0.29, 0.717) is 28.5 Å². The van der Waals surface area contributed by atoms with Crippen LogP contribution in [0.4, 0.5) is 5.69 Å². The lowest BCUT2D eigenvalue weighted by molar-refractivity contribution is -0.145. The van der Waals surface area contributed by atoms with Gasteiger partial charge in [0.25, 0.3) is 5.91 Å². The van der Waals surface area contributed by atoms with Crippen molar-refractivity contribution in [1.82, 2.24) is 4.90 Å². The zero-order valence-corrected chi connectivity index (χ0v) is 19.0. The van der Waals surface area contributed by atoms with Gasteiger partial charge in [-0.05, 0) is 29.8 Å². The molecule has 174 valence electrons. The highest BCUT2D eigenvalue weighted by Crippen LogP contribution is 2.40. The molecule has 2 atom stereocenters. The van der Waals surface area contributed by atoms with Crippen molar-refractivity contribution in [3.63, 3.8) is 0 Å². The van der Waals surface area contributed by atoms with Gasteiger partial charge in [-0.3, -0.25) is 14.4 Å². The molecule has 0 radical (unpaired) electrons. The summed E-state index contributed by atoms with van der Waals surface area (Å²) in [5.74, 6) is 0.453. The van der Waals surface area contributed by atoms with E-state index < -0.39 is 18.1 Å². The Bertz CT molecular complexity index is 1070. The molecule has 9 nitrogen and oxygen atoms in total. The number of hydrogen-bond donors (Lipinski definition) is 0. The third-order valence-corrected chi connectivity index (χ3v) is 5.90. The molecule has 2 heterocycles. The Kier molecular flexibility index (Phi) is 6.13. The highest BCUT2D eigenvalue weighted by Gasteiger charge is 2.46. The van der Waals surface area contributed by atoms with Gasteiger partial charge in [-0.25, -0.2) is 0 Å². The number of rotatable bonds is 6. The van der Waals surface area contributed by atoms with Crippen molar-refractivity contribution in [2.45, 2.75) is 32.0 Å². The lowest BCUT2D eigenvalue weighted by Crippen LogP contribution is -2.44. The van der Waals surface area contributed by atoms with Crippen molar-refractivity contribution in [1.29, 1.82) is 0 Å². The second-order valence-electron chi connectivity index (χ2n) is 7.92. The second kappa shape index (κ2) is 9.01. The average molecular weight is 454 g/mol. The van der Waals surface area contributed by atoms with Crippen LogP contribution >= 0.6 is 0 Å². The summed E-state index contributed by atoms with van der Waals surface area (Å²) in [5.41, 5.74) is 1.69. The van der Waals surface area contributed by atoms with Crippen molar-refractivity contribution in [3.05, 3.63) is 47.5 Å². The average Bonchev–Trinajstić information content (AvgIpc) is 3.21. The predicted molar refractivity (Wildman–Crippen MR) is 119 cm³/mol. The molecule has 2 aliphatic heterocycles. The summed E-state index contributed by atoms with van der Waals surface area (Å²) in [6.45, 7) is 1.68. The first kappa shape index (κ1) is 22.4. The number of esters is 1. The van der Waals surface area contributed by atoms with Crippen LogP contribution in [0.5, 0.6) is 17.2 Å². The van der Waals surface area contributed by atoms with Gasteiger partial charge >= 0.3 is 5.97 Å². The summed E-state index contributed by atoms with van der Waals surface area (Å²) in [6, 6.07) is 9.84. The SMILES string of the molecule is COc1cc(CN2C(=O)[C@@H]3C[C@@H](OC(C)=O)CN3C(=O)c3ccccc32)cc(OC)c1OC. The van der Waals surface area contributed by atoms with Gasteiger partial charge in [-0.2, -0.15) is 0 Å². The van der Waals surface area contributed by atoms with E-state index in [2.05, 4.69) is 0 Å². The van der Waals surface area contributed by atoms with Crippen LogP contribution in [-0.2, 0) is 20.9 Å². The topological polar surface area (TPSA) is 94.6 Å². The summed E-state index contributed by atoms with van der Waals surface area (Å²) < 4.78 is 21.6. The number of carbonyl (C=O) groups excluding carboxylic acids is 3. The number of methoxy groups -OCH3 is 3. The summed E-state index contributed by atoms with van der Waals surface area (Å²) in [4.78, 5) is 41.6. The van der Waals surface area contributed by atoms with Crippen LogP contribution in [0.25, 0.3) is 0 Å². The molecule has 1 saturated heterocycles. The fourth-order valence-corrected chi connectivity index (χ4v) is 4.49.